The molecule has 1 fully saturated rings. The molecule has 5 rings (SSSR count). The van der Waals surface area contributed by atoms with E-state index in [0.717, 1.165) is 24.2 Å². The lowest BCUT2D eigenvalue weighted by molar-refractivity contribution is -0.134. The van der Waals surface area contributed by atoms with Crippen molar-refractivity contribution in [3.05, 3.63) is 53.1 Å². The van der Waals surface area contributed by atoms with Crippen LogP contribution in [0.25, 0.3) is 0 Å². The first-order chi connectivity index (χ1) is 16.3. The predicted molar refractivity (Wildman–Crippen MR) is 121 cm³/mol. The SMILES string of the molecule is C[C@@]1(c2ccc3c(c2)CCC3)NC(=O)N(CC(=O)NC(=O)Nc2ccc3c(c2)OCCO3)C1=O. The van der Waals surface area contributed by atoms with Crippen LogP contribution in [0.2, 0.25) is 0 Å². The summed E-state index contributed by atoms with van der Waals surface area (Å²) in [5, 5.41) is 7.36. The van der Waals surface area contributed by atoms with Gasteiger partial charge in [0.25, 0.3) is 5.91 Å². The van der Waals surface area contributed by atoms with E-state index < -0.39 is 36.0 Å². The Morgan fingerprint density at radius 2 is 1.79 bits per heavy atom. The first-order valence-corrected chi connectivity index (χ1v) is 11.1. The van der Waals surface area contributed by atoms with E-state index in [1.165, 1.54) is 11.1 Å². The van der Waals surface area contributed by atoms with Gasteiger partial charge in [-0.3, -0.25) is 19.8 Å². The fourth-order valence-corrected chi connectivity index (χ4v) is 4.51. The average molecular weight is 464 g/mol. The molecule has 0 aromatic heterocycles. The zero-order chi connectivity index (χ0) is 23.9. The molecule has 0 unspecified atom stereocenters. The lowest BCUT2D eigenvalue weighted by atomic mass is 9.89. The molecule has 3 N–H and O–H groups in total. The van der Waals surface area contributed by atoms with E-state index in [1.54, 1.807) is 25.1 Å². The maximum absolute atomic E-state index is 13.1. The van der Waals surface area contributed by atoms with E-state index in [1.807, 2.05) is 18.2 Å². The minimum absolute atomic E-state index is 0.397. The number of anilines is 1. The van der Waals surface area contributed by atoms with E-state index in [-0.39, 0.29) is 0 Å². The van der Waals surface area contributed by atoms with E-state index in [2.05, 4.69) is 16.0 Å². The highest BCUT2D eigenvalue weighted by Crippen LogP contribution is 2.33. The van der Waals surface area contributed by atoms with Gasteiger partial charge >= 0.3 is 12.1 Å². The number of ether oxygens (including phenoxy) is 2. The van der Waals surface area contributed by atoms with E-state index in [4.69, 9.17) is 9.47 Å². The minimum Gasteiger partial charge on any atom is -0.486 e. The Kier molecular flexibility index (Phi) is 5.35. The van der Waals surface area contributed by atoms with Crippen molar-refractivity contribution < 1.29 is 28.7 Å². The molecule has 10 nitrogen and oxygen atoms in total. The largest absolute Gasteiger partial charge is 0.486 e. The summed E-state index contributed by atoms with van der Waals surface area (Å²) in [5.41, 5.74) is 2.22. The molecule has 3 aliphatic rings. The quantitative estimate of drug-likeness (QED) is 0.595. The topological polar surface area (TPSA) is 126 Å². The van der Waals surface area contributed by atoms with Crippen LogP contribution in [0.15, 0.2) is 36.4 Å². The van der Waals surface area contributed by atoms with Crippen LogP contribution in [0, 0.1) is 0 Å². The number of fused-ring (bicyclic) bond motifs is 2. The van der Waals surface area contributed by atoms with Gasteiger partial charge in [-0.05, 0) is 55.0 Å². The average Bonchev–Trinajstić information content (AvgIpc) is 3.37. The Morgan fingerprint density at radius 1 is 1.03 bits per heavy atom. The number of carbonyl (C=O) groups excluding carboxylic acids is 4. The van der Waals surface area contributed by atoms with Crippen molar-refractivity contribution in [1.29, 1.82) is 0 Å². The van der Waals surface area contributed by atoms with Crippen molar-refractivity contribution in [2.75, 3.05) is 25.1 Å². The second kappa shape index (κ2) is 8.36. The summed E-state index contributed by atoms with van der Waals surface area (Å²) in [6.07, 6.45) is 3.01. The van der Waals surface area contributed by atoms with Gasteiger partial charge < -0.3 is 20.1 Å². The fourth-order valence-electron chi connectivity index (χ4n) is 4.51. The van der Waals surface area contributed by atoms with Crippen LogP contribution in [0.4, 0.5) is 15.3 Å². The molecular weight excluding hydrogens is 440 g/mol. The fraction of sp³-hybridized carbons (Fsp3) is 0.333. The summed E-state index contributed by atoms with van der Waals surface area (Å²) in [5.74, 6) is -0.284. The summed E-state index contributed by atoms with van der Waals surface area (Å²) >= 11 is 0. The highest BCUT2D eigenvalue weighted by atomic mass is 16.6. The Balaban J connectivity index is 1.22. The summed E-state index contributed by atoms with van der Waals surface area (Å²) in [4.78, 5) is 51.2. The van der Waals surface area contributed by atoms with Gasteiger partial charge in [0.1, 0.15) is 25.3 Å². The molecule has 0 bridgehead atoms. The number of nitrogens with zero attached hydrogens (tertiary/aromatic N) is 1. The lowest BCUT2D eigenvalue weighted by Gasteiger charge is -2.23. The maximum Gasteiger partial charge on any atom is 0.325 e. The highest BCUT2D eigenvalue weighted by Gasteiger charge is 2.49. The highest BCUT2D eigenvalue weighted by molar-refractivity contribution is 6.10. The van der Waals surface area contributed by atoms with Crippen molar-refractivity contribution in [3.63, 3.8) is 0 Å². The van der Waals surface area contributed by atoms with Crippen LogP contribution in [-0.2, 0) is 28.0 Å². The van der Waals surface area contributed by atoms with E-state index in [9.17, 15) is 19.2 Å². The number of hydrogen-bond donors (Lipinski definition) is 3. The van der Waals surface area contributed by atoms with E-state index in [0.29, 0.717) is 36.0 Å². The number of hydrogen-bond acceptors (Lipinski definition) is 6. The van der Waals surface area contributed by atoms with Gasteiger partial charge in [0.2, 0.25) is 5.91 Å². The van der Waals surface area contributed by atoms with Crippen molar-refractivity contribution in [2.45, 2.75) is 31.7 Å². The second-order valence-electron chi connectivity index (χ2n) is 8.64. The molecule has 2 aliphatic heterocycles. The van der Waals surface area contributed by atoms with Crippen LogP contribution >= 0.6 is 0 Å². The van der Waals surface area contributed by atoms with Crippen LogP contribution in [0.3, 0.4) is 0 Å². The van der Waals surface area contributed by atoms with Crippen LogP contribution in [0.1, 0.15) is 30.0 Å². The number of amides is 6. The third kappa shape index (κ3) is 3.91. The Bertz CT molecular complexity index is 1210. The van der Waals surface area contributed by atoms with Gasteiger partial charge in [0, 0.05) is 11.8 Å². The standard InChI is InChI=1S/C24H24N4O6/c1-24(16-6-5-14-3-2-4-15(14)11-16)21(30)28(23(32)27-24)13-20(29)26-22(31)25-17-7-8-18-19(12-17)34-10-9-33-18/h5-8,11-12H,2-4,9-10,13H2,1H3,(H,27,32)(H2,25,26,29,31)/t24-/m0/s1. The summed E-state index contributed by atoms with van der Waals surface area (Å²) in [6, 6.07) is 9.14. The summed E-state index contributed by atoms with van der Waals surface area (Å²) < 4.78 is 10.9. The zero-order valence-electron chi connectivity index (χ0n) is 18.6. The molecule has 1 aliphatic carbocycles. The minimum atomic E-state index is -1.28. The van der Waals surface area contributed by atoms with Crippen LogP contribution in [0.5, 0.6) is 11.5 Å². The molecule has 0 radical (unpaired) electrons. The number of rotatable bonds is 4. The molecular formula is C24H24N4O6. The molecule has 10 heteroatoms. The molecule has 2 aromatic carbocycles. The van der Waals surface area contributed by atoms with Crippen molar-refractivity contribution in [3.8, 4) is 11.5 Å². The van der Waals surface area contributed by atoms with Gasteiger partial charge in [-0.25, -0.2) is 9.59 Å². The number of aryl methyl sites for hydroxylation is 2. The smallest absolute Gasteiger partial charge is 0.325 e. The number of urea groups is 2. The summed E-state index contributed by atoms with van der Waals surface area (Å²) in [6.45, 7) is 1.89. The van der Waals surface area contributed by atoms with Gasteiger partial charge in [-0.2, -0.15) is 0 Å². The lowest BCUT2D eigenvalue weighted by Crippen LogP contribution is -2.45. The zero-order valence-corrected chi connectivity index (χ0v) is 18.6. The van der Waals surface area contributed by atoms with Crippen molar-refractivity contribution in [2.24, 2.45) is 0 Å². The molecule has 1 atom stereocenters. The molecule has 34 heavy (non-hydrogen) atoms. The van der Waals surface area contributed by atoms with Crippen molar-refractivity contribution >= 4 is 29.6 Å². The van der Waals surface area contributed by atoms with Gasteiger partial charge in [0.05, 0.1) is 0 Å². The van der Waals surface area contributed by atoms with Gasteiger partial charge in [-0.1, -0.05) is 18.2 Å². The Morgan fingerprint density at radius 3 is 2.62 bits per heavy atom. The van der Waals surface area contributed by atoms with Gasteiger partial charge in [0.15, 0.2) is 11.5 Å². The van der Waals surface area contributed by atoms with Crippen molar-refractivity contribution in [1.82, 2.24) is 15.5 Å². The molecule has 2 aromatic rings. The predicted octanol–water partition coefficient (Wildman–Crippen LogP) is 2.06. The number of imide groups is 2. The number of nitrogens with one attached hydrogen (secondary N) is 3. The van der Waals surface area contributed by atoms with Crippen LogP contribution in [-0.4, -0.2) is 48.5 Å². The normalized spacial score (nSPS) is 20.6. The first kappa shape index (κ1) is 21.7. The number of benzene rings is 2. The van der Waals surface area contributed by atoms with E-state index >= 15 is 0 Å². The Hall–Kier alpha value is -4.08. The second-order valence-corrected chi connectivity index (χ2v) is 8.64. The summed E-state index contributed by atoms with van der Waals surface area (Å²) in [7, 11) is 0. The Labute approximate surface area is 195 Å². The molecule has 1 saturated heterocycles. The maximum atomic E-state index is 13.1. The third-order valence-electron chi connectivity index (χ3n) is 6.31. The third-order valence-corrected chi connectivity index (χ3v) is 6.31. The number of carbonyl (C=O) groups is 4. The molecule has 0 saturated carbocycles. The van der Waals surface area contributed by atoms with Crippen LogP contribution < -0.4 is 25.4 Å². The molecule has 6 amide bonds. The molecule has 0 spiro atoms. The molecule has 176 valence electrons. The monoisotopic (exact) mass is 464 g/mol. The molecule has 2 heterocycles. The first-order valence-electron chi connectivity index (χ1n) is 11.1. The van der Waals surface area contributed by atoms with Gasteiger partial charge in [-0.15, -0.1) is 0 Å².